The van der Waals surface area contributed by atoms with Gasteiger partial charge in [-0.15, -0.1) is 0 Å². The molecule has 18 heavy (non-hydrogen) atoms. The first-order valence-electron chi connectivity index (χ1n) is 6.33. The van der Waals surface area contributed by atoms with E-state index < -0.39 is 0 Å². The molecule has 0 spiro atoms. The Kier molecular flexibility index (Phi) is 3.93. The van der Waals surface area contributed by atoms with Crippen LogP contribution in [0, 0.1) is 17.2 Å². The number of nitrogens with zero attached hydrogens (tertiary/aromatic N) is 3. The van der Waals surface area contributed by atoms with Crippen LogP contribution in [0.4, 0.5) is 0 Å². The molecule has 0 radical (unpaired) electrons. The second kappa shape index (κ2) is 5.63. The molecule has 0 aromatic carbocycles. The van der Waals surface area contributed by atoms with Gasteiger partial charge < -0.3 is 4.90 Å². The molecule has 1 aliphatic carbocycles. The molecule has 1 aromatic rings. The first-order chi connectivity index (χ1) is 8.70. The summed E-state index contributed by atoms with van der Waals surface area (Å²) in [6.45, 7) is 0.766. The highest BCUT2D eigenvalue weighted by atomic mass is 16.2. The molecule has 0 N–H and O–H groups in total. The largest absolute Gasteiger partial charge is 0.340 e. The minimum absolute atomic E-state index is 0.105. The number of carbonyl (C=O) groups is 1. The standard InChI is InChI=1S/C14H17N3O/c1-17(9-8-11-4-2-5-11)14(18)13-7-3-6-12(10-15)16-13/h3,6-7,11H,2,4-5,8-9H2,1H3. The van der Waals surface area contributed by atoms with Gasteiger partial charge in [-0.1, -0.05) is 25.3 Å². The quantitative estimate of drug-likeness (QED) is 0.814. The van der Waals surface area contributed by atoms with Crippen molar-refractivity contribution in [1.82, 2.24) is 9.88 Å². The fourth-order valence-electron chi connectivity index (χ4n) is 2.07. The van der Waals surface area contributed by atoms with Gasteiger partial charge >= 0.3 is 0 Å². The van der Waals surface area contributed by atoms with E-state index in [4.69, 9.17) is 5.26 Å². The van der Waals surface area contributed by atoms with Crippen LogP contribution in [0.3, 0.4) is 0 Å². The van der Waals surface area contributed by atoms with E-state index in [-0.39, 0.29) is 11.6 Å². The summed E-state index contributed by atoms with van der Waals surface area (Å²) in [5.41, 5.74) is 0.637. The topological polar surface area (TPSA) is 57.0 Å². The maximum absolute atomic E-state index is 12.1. The van der Waals surface area contributed by atoms with Crippen LogP contribution in [-0.2, 0) is 0 Å². The molecule has 1 aliphatic rings. The van der Waals surface area contributed by atoms with Crippen molar-refractivity contribution in [3.05, 3.63) is 29.6 Å². The van der Waals surface area contributed by atoms with Crippen molar-refractivity contribution in [3.63, 3.8) is 0 Å². The van der Waals surface area contributed by atoms with Crippen LogP contribution in [0.25, 0.3) is 0 Å². The van der Waals surface area contributed by atoms with Crippen molar-refractivity contribution >= 4 is 5.91 Å². The highest BCUT2D eigenvalue weighted by Gasteiger charge is 2.19. The Morgan fingerprint density at radius 2 is 2.33 bits per heavy atom. The van der Waals surface area contributed by atoms with Crippen LogP contribution in [0.5, 0.6) is 0 Å². The lowest BCUT2D eigenvalue weighted by Crippen LogP contribution is -2.30. The monoisotopic (exact) mass is 243 g/mol. The number of rotatable bonds is 4. The maximum atomic E-state index is 12.1. The highest BCUT2D eigenvalue weighted by molar-refractivity contribution is 5.92. The summed E-state index contributed by atoms with van der Waals surface area (Å²) in [6, 6.07) is 6.90. The van der Waals surface area contributed by atoms with Gasteiger partial charge in [0.05, 0.1) is 0 Å². The fourth-order valence-corrected chi connectivity index (χ4v) is 2.07. The van der Waals surface area contributed by atoms with Crippen LogP contribution in [0.1, 0.15) is 41.9 Å². The van der Waals surface area contributed by atoms with Crippen LogP contribution >= 0.6 is 0 Å². The Balaban J connectivity index is 1.94. The minimum atomic E-state index is -0.105. The van der Waals surface area contributed by atoms with Gasteiger partial charge in [-0.3, -0.25) is 4.79 Å². The molecule has 0 saturated heterocycles. The summed E-state index contributed by atoms with van der Waals surface area (Å²) in [5, 5.41) is 8.76. The second-order valence-electron chi connectivity index (χ2n) is 4.83. The molecule has 1 saturated carbocycles. The van der Waals surface area contributed by atoms with Crippen LogP contribution < -0.4 is 0 Å². The van der Waals surface area contributed by atoms with Gasteiger partial charge in [0.1, 0.15) is 17.5 Å². The molecule has 0 aliphatic heterocycles. The molecular formula is C14H17N3O. The van der Waals surface area contributed by atoms with Gasteiger partial charge in [0.25, 0.3) is 5.91 Å². The number of hydrogen-bond acceptors (Lipinski definition) is 3. The number of amides is 1. The first-order valence-corrected chi connectivity index (χ1v) is 6.33. The summed E-state index contributed by atoms with van der Waals surface area (Å²) >= 11 is 0. The summed E-state index contributed by atoms with van der Waals surface area (Å²) in [5.74, 6) is 0.685. The molecule has 4 nitrogen and oxygen atoms in total. The fraction of sp³-hybridized carbons (Fsp3) is 0.500. The van der Waals surface area contributed by atoms with Crippen molar-refractivity contribution in [1.29, 1.82) is 5.26 Å². The zero-order valence-corrected chi connectivity index (χ0v) is 10.6. The molecule has 1 heterocycles. The van der Waals surface area contributed by atoms with Crippen molar-refractivity contribution in [2.24, 2.45) is 5.92 Å². The molecule has 0 unspecified atom stereocenters. The Morgan fingerprint density at radius 1 is 1.56 bits per heavy atom. The average molecular weight is 243 g/mol. The third kappa shape index (κ3) is 2.86. The number of aromatic nitrogens is 1. The lowest BCUT2D eigenvalue weighted by atomic mass is 9.83. The Bertz CT molecular complexity index is 474. The van der Waals surface area contributed by atoms with Gasteiger partial charge in [-0.2, -0.15) is 5.26 Å². The average Bonchev–Trinajstić information content (AvgIpc) is 2.36. The zero-order valence-electron chi connectivity index (χ0n) is 10.6. The lowest BCUT2D eigenvalue weighted by Gasteiger charge is -2.27. The summed E-state index contributed by atoms with van der Waals surface area (Å²) < 4.78 is 0. The smallest absolute Gasteiger partial charge is 0.272 e. The lowest BCUT2D eigenvalue weighted by molar-refractivity contribution is 0.0773. The van der Waals surface area contributed by atoms with Gasteiger partial charge in [0.2, 0.25) is 0 Å². The number of nitriles is 1. The van der Waals surface area contributed by atoms with Crippen molar-refractivity contribution < 1.29 is 4.79 Å². The molecule has 1 fully saturated rings. The summed E-state index contributed by atoms with van der Waals surface area (Å²) in [4.78, 5) is 17.8. The van der Waals surface area contributed by atoms with Gasteiger partial charge in [0.15, 0.2) is 0 Å². The summed E-state index contributed by atoms with van der Waals surface area (Å²) in [6.07, 6.45) is 4.99. The molecule has 4 heteroatoms. The van der Waals surface area contributed by atoms with E-state index in [1.54, 1.807) is 30.1 Å². The van der Waals surface area contributed by atoms with Gasteiger partial charge in [-0.25, -0.2) is 4.98 Å². The number of pyridine rings is 1. The molecule has 2 rings (SSSR count). The van der Waals surface area contributed by atoms with Crippen LogP contribution in [0.15, 0.2) is 18.2 Å². The van der Waals surface area contributed by atoms with E-state index in [1.165, 1.54) is 19.3 Å². The molecule has 1 aromatic heterocycles. The highest BCUT2D eigenvalue weighted by Crippen LogP contribution is 2.29. The molecule has 0 bridgehead atoms. The third-order valence-electron chi connectivity index (χ3n) is 3.53. The maximum Gasteiger partial charge on any atom is 0.272 e. The Morgan fingerprint density at radius 3 is 2.94 bits per heavy atom. The molecule has 1 amide bonds. The summed E-state index contributed by atoms with van der Waals surface area (Å²) in [7, 11) is 1.79. The molecular weight excluding hydrogens is 226 g/mol. The first kappa shape index (κ1) is 12.6. The van der Waals surface area contributed by atoms with E-state index in [9.17, 15) is 4.79 Å². The van der Waals surface area contributed by atoms with Crippen molar-refractivity contribution in [2.75, 3.05) is 13.6 Å². The van der Waals surface area contributed by atoms with E-state index in [0.717, 1.165) is 18.9 Å². The third-order valence-corrected chi connectivity index (χ3v) is 3.53. The van der Waals surface area contributed by atoms with E-state index in [0.29, 0.717) is 5.69 Å². The second-order valence-corrected chi connectivity index (χ2v) is 4.83. The normalized spacial score (nSPS) is 14.7. The molecule has 0 atom stereocenters. The predicted molar refractivity (Wildman–Crippen MR) is 67.9 cm³/mol. The van der Waals surface area contributed by atoms with Crippen molar-refractivity contribution in [3.8, 4) is 6.07 Å². The van der Waals surface area contributed by atoms with Crippen LogP contribution in [0.2, 0.25) is 0 Å². The van der Waals surface area contributed by atoms with Gasteiger partial charge in [0, 0.05) is 13.6 Å². The predicted octanol–water partition coefficient (Wildman–Crippen LogP) is 2.22. The minimum Gasteiger partial charge on any atom is -0.340 e. The van der Waals surface area contributed by atoms with E-state index in [2.05, 4.69) is 4.98 Å². The van der Waals surface area contributed by atoms with Gasteiger partial charge in [-0.05, 0) is 24.5 Å². The Hall–Kier alpha value is -1.89. The SMILES string of the molecule is CN(CCC1CCC1)C(=O)c1cccc(C#N)n1. The van der Waals surface area contributed by atoms with Crippen molar-refractivity contribution in [2.45, 2.75) is 25.7 Å². The molecule has 94 valence electrons. The zero-order chi connectivity index (χ0) is 13.0. The Labute approximate surface area is 107 Å². The van der Waals surface area contributed by atoms with E-state index >= 15 is 0 Å². The van der Waals surface area contributed by atoms with Crippen LogP contribution in [-0.4, -0.2) is 29.4 Å². The number of hydrogen-bond donors (Lipinski definition) is 0. The van der Waals surface area contributed by atoms with E-state index in [1.807, 2.05) is 6.07 Å². The number of carbonyl (C=O) groups excluding carboxylic acids is 1.